The summed E-state index contributed by atoms with van der Waals surface area (Å²) in [5.41, 5.74) is 0.706. The van der Waals surface area contributed by atoms with Gasteiger partial charge in [-0.15, -0.1) is 0 Å². The Bertz CT molecular complexity index is 708. The number of likely N-dealkylation sites (tertiary alicyclic amines) is 1. The van der Waals surface area contributed by atoms with Gasteiger partial charge in [-0.2, -0.15) is 0 Å². The van der Waals surface area contributed by atoms with E-state index in [0.29, 0.717) is 25.3 Å². The van der Waals surface area contributed by atoms with E-state index in [1.54, 1.807) is 63.4 Å². The minimum atomic E-state index is -0.337. The standard InChI is InChI=1S/C17H18IN3O4/c18-25-17(23)20-8-2-4-13(11-20)12-21(14-5-1-7-19-10-14)16(22)15-6-3-9-24-15/h1,3,5-7,9-10,13H,2,4,8,11-12H2. The first-order chi connectivity index (χ1) is 12.2. The topological polar surface area (TPSA) is 75.9 Å². The molecule has 7 nitrogen and oxygen atoms in total. The second-order valence-electron chi connectivity index (χ2n) is 5.90. The van der Waals surface area contributed by atoms with Crippen molar-refractivity contribution in [2.45, 2.75) is 12.8 Å². The molecule has 0 aliphatic carbocycles. The van der Waals surface area contributed by atoms with Gasteiger partial charge in [0.1, 0.15) is 0 Å². The zero-order valence-corrected chi connectivity index (χ0v) is 15.7. The van der Waals surface area contributed by atoms with Crippen molar-refractivity contribution in [3.05, 3.63) is 48.7 Å². The van der Waals surface area contributed by atoms with Crippen LogP contribution >= 0.6 is 23.0 Å². The van der Waals surface area contributed by atoms with Crippen LogP contribution in [0, 0.1) is 5.92 Å². The van der Waals surface area contributed by atoms with Crippen LogP contribution in [0.4, 0.5) is 10.5 Å². The SMILES string of the molecule is O=C(OI)N1CCCC(CN(C(=O)c2ccco2)c2cccnc2)C1. The number of furan rings is 1. The van der Waals surface area contributed by atoms with Crippen LogP contribution in [0.5, 0.6) is 0 Å². The van der Waals surface area contributed by atoms with Gasteiger partial charge in [-0.1, -0.05) is 0 Å². The number of nitrogens with zero attached hydrogens (tertiary/aromatic N) is 3. The van der Waals surface area contributed by atoms with E-state index in [-0.39, 0.29) is 23.7 Å². The lowest BCUT2D eigenvalue weighted by molar-refractivity contribution is 0.0947. The predicted molar refractivity (Wildman–Crippen MR) is 99.4 cm³/mol. The number of amides is 2. The maximum atomic E-state index is 12.8. The lowest BCUT2D eigenvalue weighted by Gasteiger charge is -2.34. The second-order valence-corrected chi connectivity index (χ2v) is 6.34. The first kappa shape index (κ1) is 17.7. The molecular weight excluding hydrogens is 437 g/mol. The molecule has 1 saturated heterocycles. The van der Waals surface area contributed by atoms with E-state index >= 15 is 0 Å². The van der Waals surface area contributed by atoms with Crippen molar-refractivity contribution >= 4 is 40.7 Å². The summed E-state index contributed by atoms with van der Waals surface area (Å²) in [7, 11) is 0. The molecule has 1 atom stereocenters. The molecule has 0 aromatic carbocycles. The Morgan fingerprint density at radius 1 is 1.40 bits per heavy atom. The number of hydrogen-bond acceptors (Lipinski definition) is 5. The molecule has 1 aliphatic rings. The van der Waals surface area contributed by atoms with Crippen LogP contribution in [-0.4, -0.2) is 41.5 Å². The van der Waals surface area contributed by atoms with Crippen molar-refractivity contribution in [1.82, 2.24) is 9.88 Å². The Labute approximate surface area is 159 Å². The summed E-state index contributed by atoms with van der Waals surface area (Å²) in [6.45, 7) is 1.72. The minimum absolute atomic E-state index is 0.156. The Morgan fingerprint density at radius 2 is 2.28 bits per heavy atom. The summed E-state index contributed by atoms with van der Waals surface area (Å²) in [6, 6.07) is 6.96. The van der Waals surface area contributed by atoms with Crippen LogP contribution < -0.4 is 4.90 Å². The molecule has 0 N–H and O–H groups in total. The van der Waals surface area contributed by atoms with E-state index in [1.165, 1.54) is 6.26 Å². The van der Waals surface area contributed by atoms with Gasteiger partial charge in [0, 0.05) is 25.8 Å². The Hall–Kier alpha value is -2.10. The molecule has 2 aromatic heterocycles. The molecule has 1 aliphatic heterocycles. The number of anilines is 1. The largest absolute Gasteiger partial charge is 0.459 e. The fourth-order valence-electron chi connectivity index (χ4n) is 3.04. The van der Waals surface area contributed by atoms with Gasteiger partial charge in [-0.25, -0.2) is 4.79 Å². The lowest BCUT2D eigenvalue weighted by atomic mass is 9.97. The summed E-state index contributed by atoms with van der Waals surface area (Å²) in [6.07, 6.45) is 6.28. The van der Waals surface area contributed by atoms with E-state index in [9.17, 15) is 9.59 Å². The molecule has 1 unspecified atom stereocenters. The average molecular weight is 455 g/mol. The Balaban J connectivity index is 1.78. The van der Waals surface area contributed by atoms with Crippen molar-refractivity contribution in [2.75, 3.05) is 24.5 Å². The van der Waals surface area contributed by atoms with Crippen LogP contribution in [0.25, 0.3) is 0 Å². The number of carbonyl (C=O) groups is 2. The van der Waals surface area contributed by atoms with Crippen molar-refractivity contribution < 1.29 is 17.1 Å². The van der Waals surface area contributed by atoms with E-state index in [0.717, 1.165) is 12.8 Å². The van der Waals surface area contributed by atoms with Gasteiger partial charge < -0.3 is 17.3 Å². The lowest BCUT2D eigenvalue weighted by Crippen LogP contribution is -2.44. The van der Waals surface area contributed by atoms with Crippen molar-refractivity contribution in [2.24, 2.45) is 5.92 Å². The Morgan fingerprint density at radius 3 is 2.96 bits per heavy atom. The summed E-state index contributed by atoms with van der Waals surface area (Å²) in [5, 5.41) is 0. The maximum Gasteiger partial charge on any atom is 0.419 e. The van der Waals surface area contributed by atoms with Crippen molar-refractivity contribution in [3.63, 3.8) is 0 Å². The molecule has 25 heavy (non-hydrogen) atoms. The molecular formula is C17H18IN3O4. The zero-order valence-electron chi connectivity index (χ0n) is 13.5. The highest BCUT2D eigenvalue weighted by molar-refractivity contribution is 14.1. The summed E-state index contributed by atoms with van der Waals surface area (Å²) < 4.78 is 10.1. The van der Waals surface area contributed by atoms with E-state index in [2.05, 4.69) is 4.98 Å². The Kier molecular flexibility index (Phi) is 5.90. The first-order valence-electron chi connectivity index (χ1n) is 8.02. The van der Waals surface area contributed by atoms with Gasteiger partial charge >= 0.3 is 6.09 Å². The molecule has 3 rings (SSSR count). The van der Waals surface area contributed by atoms with Crippen LogP contribution in [0.15, 0.2) is 47.3 Å². The monoisotopic (exact) mass is 455 g/mol. The van der Waals surface area contributed by atoms with Gasteiger partial charge in [-0.3, -0.25) is 9.78 Å². The fourth-order valence-corrected chi connectivity index (χ4v) is 3.32. The highest BCUT2D eigenvalue weighted by atomic mass is 127. The summed E-state index contributed by atoms with van der Waals surface area (Å²) in [4.78, 5) is 32.1. The van der Waals surface area contributed by atoms with Crippen LogP contribution in [-0.2, 0) is 3.07 Å². The molecule has 1 fully saturated rings. The summed E-state index contributed by atoms with van der Waals surface area (Å²) >= 11 is 1.60. The number of aromatic nitrogens is 1. The second kappa shape index (κ2) is 8.32. The molecule has 132 valence electrons. The van der Waals surface area contributed by atoms with Gasteiger partial charge in [0.15, 0.2) is 28.8 Å². The molecule has 0 spiro atoms. The zero-order chi connectivity index (χ0) is 17.6. The summed E-state index contributed by atoms with van der Waals surface area (Å²) in [5.74, 6) is 0.221. The number of piperidine rings is 1. The molecule has 8 heteroatoms. The minimum Gasteiger partial charge on any atom is -0.459 e. The predicted octanol–water partition coefficient (Wildman–Crippen LogP) is 3.52. The third-order valence-electron chi connectivity index (χ3n) is 4.22. The van der Waals surface area contributed by atoms with E-state index < -0.39 is 0 Å². The van der Waals surface area contributed by atoms with Crippen molar-refractivity contribution in [3.8, 4) is 0 Å². The van der Waals surface area contributed by atoms with Crippen LogP contribution in [0.2, 0.25) is 0 Å². The molecule has 3 heterocycles. The number of rotatable bonds is 4. The molecule has 0 radical (unpaired) electrons. The van der Waals surface area contributed by atoms with Gasteiger partial charge in [0.05, 0.1) is 18.1 Å². The van der Waals surface area contributed by atoms with Crippen molar-refractivity contribution in [1.29, 1.82) is 0 Å². The smallest absolute Gasteiger partial charge is 0.419 e. The van der Waals surface area contributed by atoms with E-state index in [1.807, 2.05) is 6.07 Å². The quantitative estimate of drug-likeness (QED) is 0.660. The highest BCUT2D eigenvalue weighted by Gasteiger charge is 2.29. The highest BCUT2D eigenvalue weighted by Crippen LogP contribution is 2.23. The average Bonchev–Trinajstić information content (AvgIpc) is 3.20. The fraction of sp³-hybridized carbons (Fsp3) is 0.353. The van der Waals surface area contributed by atoms with E-state index in [4.69, 9.17) is 7.48 Å². The van der Waals surface area contributed by atoms with Crippen LogP contribution in [0.3, 0.4) is 0 Å². The molecule has 2 aromatic rings. The normalized spacial score (nSPS) is 17.2. The number of halogens is 1. The van der Waals surface area contributed by atoms with Crippen LogP contribution in [0.1, 0.15) is 23.4 Å². The third kappa shape index (κ3) is 4.30. The maximum absolute atomic E-state index is 12.8. The first-order valence-corrected chi connectivity index (χ1v) is 8.90. The molecule has 2 amide bonds. The van der Waals surface area contributed by atoms with Gasteiger partial charge in [0.25, 0.3) is 5.91 Å². The number of hydrogen-bond donors (Lipinski definition) is 0. The molecule has 0 bridgehead atoms. The number of carbonyl (C=O) groups excluding carboxylic acids is 2. The molecule has 0 saturated carbocycles. The third-order valence-corrected chi connectivity index (χ3v) is 4.60. The number of pyridine rings is 1. The van der Waals surface area contributed by atoms with Gasteiger partial charge in [-0.05, 0) is 43.0 Å². The van der Waals surface area contributed by atoms with Gasteiger partial charge in [0.2, 0.25) is 0 Å².